The lowest BCUT2D eigenvalue weighted by atomic mass is 10.1. The molecule has 6 nitrogen and oxygen atoms in total. The van der Waals surface area contributed by atoms with E-state index in [0.717, 1.165) is 29.7 Å². The number of hydrogen-bond acceptors (Lipinski definition) is 4. The van der Waals surface area contributed by atoms with Crippen LogP contribution < -0.4 is 10.1 Å². The molecule has 134 valence electrons. The molecular formula is C18H20BrNO5. The van der Waals surface area contributed by atoms with Gasteiger partial charge in [0.25, 0.3) is 0 Å². The molecule has 0 fully saturated rings. The first-order valence-electron chi connectivity index (χ1n) is 7.47. The first-order valence-corrected chi connectivity index (χ1v) is 8.26. The fourth-order valence-corrected chi connectivity index (χ4v) is 2.23. The molecule has 3 N–H and O–H groups in total. The Kier molecular flexibility index (Phi) is 9.28. The number of hydrogen-bond donors (Lipinski definition) is 3. The van der Waals surface area contributed by atoms with E-state index in [4.69, 9.17) is 24.5 Å². The zero-order chi connectivity index (χ0) is 18.7. The van der Waals surface area contributed by atoms with Gasteiger partial charge in [0.15, 0.2) is 0 Å². The van der Waals surface area contributed by atoms with E-state index in [9.17, 15) is 0 Å². The molecule has 0 aliphatic heterocycles. The Balaban J connectivity index is 0.000000450. The van der Waals surface area contributed by atoms with Crippen LogP contribution in [0, 0.1) is 0 Å². The first-order chi connectivity index (χ1) is 11.9. The van der Waals surface area contributed by atoms with E-state index in [1.807, 2.05) is 18.2 Å². The van der Waals surface area contributed by atoms with Crippen molar-refractivity contribution in [2.24, 2.45) is 0 Å². The Morgan fingerprint density at radius 2 is 1.64 bits per heavy atom. The first kappa shape index (κ1) is 20.7. The number of carbonyl (C=O) groups is 2. The number of halogens is 1. The van der Waals surface area contributed by atoms with Crippen LogP contribution in [0.15, 0.2) is 53.0 Å². The van der Waals surface area contributed by atoms with Crippen LogP contribution in [0.2, 0.25) is 0 Å². The predicted octanol–water partition coefficient (Wildman–Crippen LogP) is 2.95. The SMILES string of the molecule is COc1ccccc1CCNCc1ccc(Br)cc1.O=C(O)C(=O)O. The van der Waals surface area contributed by atoms with Crippen molar-refractivity contribution in [2.45, 2.75) is 13.0 Å². The van der Waals surface area contributed by atoms with Crippen molar-refractivity contribution in [3.05, 3.63) is 64.1 Å². The third-order valence-corrected chi connectivity index (χ3v) is 3.72. The highest BCUT2D eigenvalue weighted by Gasteiger charge is 2.04. The number of ether oxygens (including phenoxy) is 1. The fourth-order valence-electron chi connectivity index (χ4n) is 1.97. The van der Waals surface area contributed by atoms with E-state index < -0.39 is 11.9 Å². The van der Waals surface area contributed by atoms with E-state index in [0.29, 0.717) is 0 Å². The van der Waals surface area contributed by atoms with E-state index in [1.165, 1.54) is 11.1 Å². The van der Waals surface area contributed by atoms with Crippen molar-refractivity contribution in [1.29, 1.82) is 0 Å². The number of rotatable bonds is 6. The van der Waals surface area contributed by atoms with Crippen LogP contribution in [-0.4, -0.2) is 35.8 Å². The molecule has 7 heteroatoms. The summed E-state index contributed by atoms with van der Waals surface area (Å²) in [4.78, 5) is 18.2. The maximum absolute atomic E-state index is 9.10. The Morgan fingerprint density at radius 3 is 2.20 bits per heavy atom. The van der Waals surface area contributed by atoms with Gasteiger partial charge < -0.3 is 20.3 Å². The summed E-state index contributed by atoms with van der Waals surface area (Å²) in [5.41, 5.74) is 2.54. The second-order valence-electron chi connectivity index (χ2n) is 4.98. The third-order valence-electron chi connectivity index (χ3n) is 3.19. The fraction of sp³-hybridized carbons (Fsp3) is 0.222. The van der Waals surface area contributed by atoms with Gasteiger partial charge in [-0.15, -0.1) is 0 Å². The van der Waals surface area contributed by atoms with Crippen molar-refractivity contribution < 1.29 is 24.5 Å². The number of methoxy groups -OCH3 is 1. The Morgan fingerprint density at radius 1 is 1.04 bits per heavy atom. The van der Waals surface area contributed by atoms with Crippen molar-refractivity contribution in [3.63, 3.8) is 0 Å². The van der Waals surface area contributed by atoms with Crippen LogP contribution in [0.4, 0.5) is 0 Å². The minimum absolute atomic E-state index is 0.891. The summed E-state index contributed by atoms with van der Waals surface area (Å²) in [6.07, 6.45) is 0.973. The van der Waals surface area contributed by atoms with Gasteiger partial charge in [0, 0.05) is 11.0 Å². The minimum Gasteiger partial charge on any atom is -0.496 e. The van der Waals surface area contributed by atoms with Crippen LogP contribution >= 0.6 is 15.9 Å². The molecule has 2 aromatic carbocycles. The number of carboxylic acid groups (broad SMARTS) is 2. The van der Waals surface area contributed by atoms with Crippen LogP contribution in [0.25, 0.3) is 0 Å². The number of carboxylic acids is 2. The minimum atomic E-state index is -1.82. The quantitative estimate of drug-likeness (QED) is 0.501. The average Bonchev–Trinajstić information content (AvgIpc) is 2.61. The van der Waals surface area contributed by atoms with Gasteiger partial charge in [0.2, 0.25) is 0 Å². The molecule has 0 aliphatic rings. The smallest absolute Gasteiger partial charge is 0.414 e. The van der Waals surface area contributed by atoms with Crippen molar-refractivity contribution in [1.82, 2.24) is 5.32 Å². The van der Waals surface area contributed by atoms with Gasteiger partial charge in [-0.1, -0.05) is 46.3 Å². The summed E-state index contributed by atoms with van der Waals surface area (Å²) < 4.78 is 6.46. The predicted molar refractivity (Wildman–Crippen MR) is 97.8 cm³/mol. The summed E-state index contributed by atoms with van der Waals surface area (Å²) in [6, 6.07) is 16.5. The lowest BCUT2D eigenvalue weighted by molar-refractivity contribution is -0.159. The van der Waals surface area contributed by atoms with E-state index in [-0.39, 0.29) is 0 Å². The van der Waals surface area contributed by atoms with Crippen LogP contribution in [0.3, 0.4) is 0 Å². The second kappa shape index (κ2) is 11.2. The number of nitrogens with one attached hydrogen (secondary N) is 1. The average molecular weight is 410 g/mol. The lowest BCUT2D eigenvalue weighted by Crippen LogP contribution is -2.16. The van der Waals surface area contributed by atoms with Crippen molar-refractivity contribution in [3.8, 4) is 5.75 Å². The van der Waals surface area contributed by atoms with E-state index >= 15 is 0 Å². The molecule has 0 radical (unpaired) electrons. The molecular weight excluding hydrogens is 390 g/mol. The van der Waals surface area contributed by atoms with Crippen molar-refractivity contribution in [2.75, 3.05) is 13.7 Å². The van der Waals surface area contributed by atoms with E-state index in [1.54, 1.807) is 7.11 Å². The third kappa shape index (κ3) is 8.32. The molecule has 2 aromatic rings. The van der Waals surface area contributed by atoms with Gasteiger partial charge in [-0.3, -0.25) is 0 Å². The molecule has 0 heterocycles. The maximum atomic E-state index is 9.10. The van der Waals surface area contributed by atoms with Crippen molar-refractivity contribution >= 4 is 27.9 Å². The lowest BCUT2D eigenvalue weighted by Gasteiger charge is -2.09. The summed E-state index contributed by atoms with van der Waals surface area (Å²) in [6.45, 7) is 1.83. The van der Waals surface area contributed by atoms with Crippen LogP contribution in [0.1, 0.15) is 11.1 Å². The summed E-state index contributed by atoms with van der Waals surface area (Å²) >= 11 is 3.44. The summed E-state index contributed by atoms with van der Waals surface area (Å²) in [5.74, 6) is -2.68. The van der Waals surface area contributed by atoms with Gasteiger partial charge in [-0.25, -0.2) is 9.59 Å². The van der Waals surface area contributed by atoms with Gasteiger partial charge in [0.1, 0.15) is 5.75 Å². The van der Waals surface area contributed by atoms with Gasteiger partial charge in [-0.2, -0.15) is 0 Å². The Bertz CT molecular complexity index is 676. The molecule has 0 unspecified atom stereocenters. The highest BCUT2D eigenvalue weighted by molar-refractivity contribution is 9.10. The molecule has 0 bridgehead atoms. The molecule has 0 atom stereocenters. The molecule has 0 aromatic heterocycles. The Hall–Kier alpha value is -2.38. The highest BCUT2D eigenvalue weighted by atomic mass is 79.9. The largest absolute Gasteiger partial charge is 0.496 e. The topological polar surface area (TPSA) is 95.9 Å². The maximum Gasteiger partial charge on any atom is 0.414 e. The molecule has 2 rings (SSSR count). The molecule has 0 spiro atoms. The summed E-state index contributed by atoms with van der Waals surface area (Å²) in [7, 11) is 1.72. The molecule has 0 saturated carbocycles. The van der Waals surface area contributed by atoms with Gasteiger partial charge in [-0.05, 0) is 42.3 Å². The number of aliphatic carboxylic acids is 2. The zero-order valence-corrected chi connectivity index (χ0v) is 15.3. The molecule has 25 heavy (non-hydrogen) atoms. The number of para-hydroxylation sites is 1. The molecule has 0 aliphatic carbocycles. The Labute approximate surface area is 154 Å². The molecule has 0 saturated heterocycles. The highest BCUT2D eigenvalue weighted by Crippen LogP contribution is 2.17. The van der Waals surface area contributed by atoms with Gasteiger partial charge >= 0.3 is 11.9 Å². The normalized spacial score (nSPS) is 9.68. The standard InChI is InChI=1S/C16H18BrNO.C2H2O4/c1-19-16-5-3-2-4-14(16)10-11-18-12-13-6-8-15(17)9-7-13;3-1(4)2(5)6/h2-9,18H,10-12H2,1H3;(H,3,4)(H,5,6). The van der Waals surface area contributed by atoms with Gasteiger partial charge in [0.05, 0.1) is 7.11 Å². The zero-order valence-electron chi connectivity index (χ0n) is 13.7. The van der Waals surface area contributed by atoms with E-state index in [2.05, 4.69) is 51.6 Å². The summed E-state index contributed by atoms with van der Waals surface area (Å²) in [5, 5.41) is 18.2. The molecule has 0 amide bonds. The monoisotopic (exact) mass is 409 g/mol. The van der Waals surface area contributed by atoms with Crippen LogP contribution in [0.5, 0.6) is 5.75 Å². The number of benzene rings is 2. The second-order valence-corrected chi connectivity index (χ2v) is 5.89. The van der Waals surface area contributed by atoms with Crippen LogP contribution in [-0.2, 0) is 22.6 Å².